The first-order chi connectivity index (χ1) is 8.59. The van der Waals surface area contributed by atoms with E-state index >= 15 is 0 Å². The van der Waals surface area contributed by atoms with Gasteiger partial charge in [0, 0.05) is 13.0 Å². The summed E-state index contributed by atoms with van der Waals surface area (Å²) in [5.41, 5.74) is 1.12. The summed E-state index contributed by atoms with van der Waals surface area (Å²) in [7, 11) is 0. The summed E-state index contributed by atoms with van der Waals surface area (Å²) in [5, 5.41) is 9.70. The highest BCUT2D eigenvalue weighted by Gasteiger charge is 2.35. The van der Waals surface area contributed by atoms with Crippen LogP contribution in [0.2, 0.25) is 0 Å². The predicted molar refractivity (Wildman–Crippen MR) is 66.8 cm³/mol. The summed E-state index contributed by atoms with van der Waals surface area (Å²) in [6, 6.07) is 9.25. The largest absolute Gasteiger partial charge is 0.510 e. The lowest BCUT2D eigenvalue weighted by Crippen LogP contribution is -2.39. The molecule has 1 aliphatic heterocycles. The number of carbonyl (C=O) groups excluding carboxylic acids is 2. The quantitative estimate of drug-likeness (QED) is 0.883. The topological polar surface area (TPSA) is 57.6 Å². The van der Waals surface area contributed by atoms with Gasteiger partial charge in [0.25, 0.3) is 5.91 Å². The van der Waals surface area contributed by atoms with Crippen molar-refractivity contribution in [1.82, 2.24) is 4.90 Å². The number of hydrogen-bond donors (Lipinski definition) is 1. The zero-order chi connectivity index (χ0) is 13.1. The third-order valence-corrected chi connectivity index (χ3v) is 3.05. The predicted octanol–water partition coefficient (Wildman–Crippen LogP) is 1.82. The molecule has 4 nitrogen and oxygen atoms in total. The van der Waals surface area contributed by atoms with E-state index in [0.717, 1.165) is 16.5 Å². The number of aliphatic hydroxyl groups is 1. The molecule has 2 amide bonds. The van der Waals surface area contributed by atoms with Gasteiger partial charge in [0.05, 0.1) is 6.04 Å². The van der Waals surface area contributed by atoms with Crippen molar-refractivity contribution in [3.63, 3.8) is 0 Å². The van der Waals surface area contributed by atoms with Crippen molar-refractivity contribution in [1.29, 1.82) is 0 Å². The average molecular weight is 245 g/mol. The molecule has 1 N–H and O–H groups in total. The molecule has 1 unspecified atom stereocenters. The third-order valence-electron chi connectivity index (χ3n) is 3.05. The first-order valence-corrected chi connectivity index (χ1v) is 5.88. The van der Waals surface area contributed by atoms with E-state index in [0.29, 0.717) is 12.8 Å². The summed E-state index contributed by atoms with van der Waals surface area (Å²) in [4.78, 5) is 24.0. The highest BCUT2D eigenvalue weighted by molar-refractivity contribution is 6.03. The number of nitrogens with zero attached hydrogens (tertiary/aromatic N) is 1. The standard InChI is InChI=1S/C14H15NO3/c1-10(16)15-12(13(17)9-14(15)18)8-7-11-5-3-2-4-6-11/h2-6,9,12,17H,7-8H2,1H3. The molecule has 2 rings (SSSR count). The van der Waals surface area contributed by atoms with E-state index < -0.39 is 11.9 Å². The van der Waals surface area contributed by atoms with Crippen LogP contribution in [0.3, 0.4) is 0 Å². The van der Waals surface area contributed by atoms with Crippen LogP contribution >= 0.6 is 0 Å². The molecular weight excluding hydrogens is 230 g/mol. The normalized spacial score (nSPS) is 18.9. The van der Waals surface area contributed by atoms with Crippen molar-refractivity contribution in [2.24, 2.45) is 0 Å². The van der Waals surface area contributed by atoms with Crippen molar-refractivity contribution >= 4 is 11.8 Å². The minimum Gasteiger partial charge on any atom is -0.510 e. The summed E-state index contributed by atoms with van der Waals surface area (Å²) < 4.78 is 0. The lowest BCUT2D eigenvalue weighted by atomic mass is 10.0. The van der Waals surface area contributed by atoms with Gasteiger partial charge in [-0.25, -0.2) is 0 Å². The van der Waals surface area contributed by atoms with Crippen molar-refractivity contribution in [2.45, 2.75) is 25.8 Å². The van der Waals surface area contributed by atoms with Gasteiger partial charge in [-0.3, -0.25) is 14.5 Å². The molecule has 0 aliphatic carbocycles. The van der Waals surface area contributed by atoms with Crippen LogP contribution in [0, 0.1) is 0 Å². The molecule has 0 fully saturated rings. The Balaban J connectivity index is 2.06. The van der Waals surface area contributed by atoms with Gasteiger partial charge < -0.3 is 5.11 Å². The first-order valence-electron chi connectivity index (χ1n) is 5.88. The van der Waals surface area contributed by atoms with Crippen molar-refractivity contribution in [3.8, 4) is 0 Å². The highest BCUT2D eigenvalue weighted by atomic mass is 16.3. The molecule has 0 saturated heterocycles. The molecule has 4 heteroatoms. The number of aliphatic hydroxyl groups excluding tert-OH is 1. The Bertz CT molecular complexity index is 493. The second-order valence-corrected chi connectivity index (χ2v) is 4.34. The highest BCUT2D eigenvalue weighted by Crippen LogP contribution is 2.22. The second-order valence-electron chi connectivity index (χ2n) is 4.34. The summed E-state index contributed by atoms with van der Waals surface area (Å²) in [6.07, 6.45) is 2.37. The Morgan fingerprint density at radius 2 is 2.00 bits per heavy atom. The molecule has 0 spiro atoms. The smallest absolute Gasteiger partial charge is 0.257 e. The third kappa shape index (κ3) is 2.42. The van der Waals surface area contributed by atoms with Gasteiger partial charge in [0.1, 0.15) is 5.76 Å². The van der Waals surface area contributed by atoms with Gasteiger partial charge in [0.2, 0.25) is 5.91 Å². The van der Waals surface area contributed by atoms with Gasteiger partial charge in [-0.05, 0) is 18.4 Å². The van der Waals surface area contributed by atoms with E-state index in [2.05, 4.69) is 0 Å². The van der Waals surface area contributed by atoms with Crippen molar-refractivity contribution in [3.05, 3.63) is 47.7 Å². The van der Waals surface area contributed by atoms with Gasteiger partial charge in [-0.2, -0.15) is 0 Å². The fourth-order valence-corrected chi connectivity index (χ4v) is 2.18. The van der Waals surface area contributed by atoms with E-state index in [4.69, 9.17) is 0 Å². The molecule has 18 heavy (non-hydrogen) atoms. The SMILES string of the molecule is CC(=O)N1C(=O)C=C(O)C1CCc1ccccc1. The van der Waals surface area contributed by atoms with Crippen LogP contribution in [0.5, 0.6) is 0 Å². The second kappa shape index (κ2) is 5.04. The Morgan fingerprint density at radius 3 is 2.61 bits per heavy atom. The molecule has 1 atom stereocenters. The van der Waals surface area contributed by atoms with Crippen LogP contribution in [0.25, 0.3) is 0 Å². The van der Waals surface area contributed by atoms with E-state index in [1.807, 2.05) is 30.3 Å². The van der Waals surface area contributed by atoms with Crippen LogP contribution in [0.1, 0.15) is 18.9 Å². The Morgan fingerprint density at radius 1 is 1.33 bits per heavy atom. The molecule has 0 saturated carbocycles. The van der Waals surface area contributed by atoms with E-state index in [1.165, 1.54) is 6.92 Å². The van der Waals surface area contributed by atoms with Crippen LogP contribution in [0.15, 0.2) is 42.2 Å². The summed E-state index contributed by atoms with van der Waals surface area (Å²) in [5.74, 6) is -0.789. The minimum atomic E-state index is -0.518. The monoisotopic (exact) mass is 245 g/mol. The number of hydrogen-bond acceptors (Lipinski definition) is 3. The zero-order valence-corrected chi connectivity index (χ0v) is 10.2. The van der Waals surface area contributed by atoms with Gasteiger partial charge in [-0.15, -0.1) is 0 Å². The van der Waals surface area contributed by atoms with Gasteiger partial charge >= 0.3 is 0 Å². The number of carbonyl (C=O) groups is 2. The maximum absolute atomic E-state index is 11.5. The van der Waals surface area contributed by atoms with Crippen LogP contribution in [0.4, 0.5) is 0 Å². The molecular formula is C14H15NO3. The molecule has 1 heterocycles. The Hall–Kier alpha value is -2.10. The molecule has 1 aromatic carbocycles. The van der Waals surface area contributed by atoms with Crippen molar-refractivity contribution in [2.75, 3.05) is 0 Å². The average Bonchev–Trinajstić information content (AvgIpc) is 2.62. The first kappa shape index (κ1) is 12.4. The number of aryl methyl sites for hydroxylation is 1. The van der Waals surface area contributed by atoms with Crippen LogP contribution in [-0.2, 0) is 16.0 Å². The van der Waals surface area contributed by atoms with E-state index in [-0.39, 0.29) is 11.7 Å². The van der Waals surface area contributed by atoms with Gasteiger partial charge in [-0.1, -0.05) is 30.3 Å². The number of amides is 2. The fraction of sp³-hybridized carbons (Fsp3) is 0.286. The van der Waals surface area contributed by atoms with Gasteiger partial charge in [0.15, 0.2) is 0 Å². The number of imide groups is 1. The number of benzene rings is 1. The summed E-state index contributed by atoms with van der Waals surface area (Å²) in [6.45, 7) is 1.33. The molecule has 0 radical (unpaired) electrons. The fourth-order valence-electron chi connectivity index (χ4n) is 2.18. The Kier molecular flexibility index (Phi) is 3.46. The molecule has 0 bridgehead atoms. The zero-order valence-electron chi connectivity index (χ0n) is 10.2. The molecule has 0 aromatic heterocycles. The number of rotatable bonds is 3. The maximum Gasteiger partial charge on any atom is 0.257 e. The van der Waals surface area contributed by atoms with E-state index in [9.17, 15) is 14.7 Å². The molecule has 1 aromatic rings. The summed E-state index contributed by atoms with van der Waals surface area (Å²) >= 11 is 0. The lowest BCUT2D eigenvalue weighted by molar-refractivity contribution is -0.141. The van der Waals surface area contributed by atoms with Crippen LogP contribution in [-0.4, -0.2) is 27.9 Å². The maximum atomic E-state index is 11.5. The minimum absolute atomic E-state index is 0.0221. The molecule has 94 valence electrons. The van der Waals surface area contributed by atoms with Crippen LogP contribution < -0.4 is 0 Å². The Labute approximate surface area is 106 Å². The van der Waals surface area contributed by atoms with E-state index in [1.54, 1.807) is 0 Å². The lowest BCUT2D eigenvalue weighted by Gasteiger charge is -2.22. The molecule has 1 aliphatic rings. The van der Waals surface area contributed by atoms with Crippen molar-refractivity contribution < 1.29 is 14.7 Å².